The largest absolute Gasteiger partial charge is 0.489 e. The van der Waals surface area contributed by atoms with Gasteiger partial charge in [-0.05, 0) is 33.8 Å². The molecule has 0 aliphatic heterocycles. The fourth-order valence-electron chi connectivity index (χ4n) is 2.79. The van der Waals surface area contributed by atoms with Gasteiger partial charge in [-0.25, -0.2) is 14.4 Å². The summed E-state index contributed by atoms with van der Waals surface area (Å²) in [7, 11) is 0. The maximum absolute atomic E-state index is 12.0. The maximum Gasteiger partial charge on any atom is 0.339 e. The van der Waals surface area contributed by atoms with Gasteiger partial charge in [0.2, 0.25) is 0 Å². The van der Waals surface area contributed by atoms with E-state index in [-0.39, 0.29) is 35.7 Å². The van der Waals surface area contributed by atoms with E-state index in [1.54, 1.807) is 45.0 Å². The van der Waals surface area contributed by atoms with Gasteiger partial charge in [-0.1, -0.05) is 37.4 Å². The minimum absolute atomic E-state index is 0.0101. The van der Waals surface area contributed by atoms with Gasteiger partial charge < -0.3 is 24.1 Å². The Morgan fingerprint density at radius 2 is 1.36 bits per heavy atom. The quantitative estimate of drug-likeness (QED) is 0.394. The van der Waals surface area contributed by atoms with Crippen LogP contribution in [0.5, 0.6) is 11.5 Å². The lowest BCUT2D eigenvalue weighted by Gasteiger charge is -2.20. The highest BCUT2D eigenvalue weighted by Crippen LogP contribution is 2.37. The third-order valence-electron chi connectivity index (χ3n) is 4.44. The smallest absolute Gasteiger partial charge is 0.339 e. The van der Waals surface area contributed by atoms with E-state index in [0.717, 1.165) is 0 Å². The Morgan fingerprint density at radius 1 is 0.879 bits per heavy atom. The van der Waals surface area contributed by atoms with E-state index in [1.165, 1.54) is 13.0 Å². The van der Waals surface area contributed by atoms with Crippen LogP contribution in [-0.2, 0) is 19.1 Å². The summed E-state index contributed by atoms with van der Waals surface area (Å²) < 4.78 is 22.0. The Kier molecular flexibility index (Phi) is 8.62. The van der Waals surface area contributed by atoms with Gasteiger partial charge in [0.05, 0.1) is 0 Å². The molecule has 0 fully saturated rings. The van der Waals surface area contributed by atoms with E-state index >= 15 is 0 Å². The van der Waals surface area contributed by atoms with Crippen molar-refractivity contribution in [2.45, 2.75) is 39.9 Å². The van der Waals surface area contributed by atoms with Crippen LogP contribution in [0.2, 0.25) is 0 Å². The van der Waals surface area contributed by atoms with E-state index in [9.17, 15) is 19.5 Å². The molecule has 1 N–H and O–H groups in total. The molecule has 176 valence electrons. The molecular formula is C25H28O8. The van der Waals surface area contributed by atoms with Gasteiger partial charge in [0.15, 0.2) is 0 Å². The summed E-state index contributed by atoms with van der Waals surface area (Å²) in [5, 5.41) is 10.9. The lowest BCUT2D eigenvalue weighted by molar-refractivity contribution is -0.145. The molecule has 0 amide bonds. The molecule has 8 heteroatoms. The van der Waals surface area contributed by atoms with Gasteiger partial charge in [-0.3, -0.25) is 0 Å². The number of hydrogen-bond donors (Lipinski definition) is 1. The minimum Gasteiger partial charge on any atom is -0.489 e. The molecule has 0 radical (unpaired) electrons. The number of aromatic carboxylic acids is 1. The zero-order chi connectivity index (χ0) is 24.7. The number of carbonyl (C=O) groups excluding carboxylic acids is 2. The predicted molar refractivity (Wildman–Crippen MR) is 123 cm³/mol. The van der Waals surface area contributed by atoms with Crippen LogP contribution in [0.3, 0.4) is 0 Å². The van der Waals surface area contributed by atoms with Crippen molar-refractivity contribution < 1.29 is 38.4 Å². The van der Waals surface area contributed by atoms with Crippen LogP contribution in [0.4, 0.5) is 0 Å². The van der Waals surface area contributed by atoms with E-state index in [2.05, 4.69) is 13.2 Å². The lowest BCUT2D eigenvalue weighted by Crippen LogP contribution is -2.23. The van der Waals surface area contributed by atoms with Crippen molar-refractivity contribution in [3.8, 4) is 11.5 Å². The second-order valence-corrected chi connectivity index (χ2v) is 7.72. The fourth-order valence-corrected chi connectivity index (χ4v) is 2.79. The number of fused-ring (bicyclic) bond motifs is 1. The van der Waals surface area contributed by atoms with Crippen molar-refractivity contribution in [1.29, 1.82) is 0 Å². The molecule has 0 spiro atoms. The Morgan fingerprint density at radius 3 is 1.85 bits per heavy atom. The highest BCUT2D eigenvalue weighted by Gasteiger charge is 2.21. The maximum atomic E-state index is 12.0. The molecule has 0 aliphatic rings. The second-order valence-electron chi connectivity index (χ2n) is 7.72. The van der Waals surface area contributed by atoms with Crippen LogP contribution in [-0.4, -0.2) is 48.4 Å². The number of carbonyl (C=O) groups is 3. The number of benzene rings is 2. The first-order valence-electron chi connectivity index (χ1n) is 10.3. The average molecular weight is 456 g/mol. The standard InChI is InChI=1S/C25H28O8/c1-14(2)24(28)32-16(5)12-30-21-11-20(23(26)27)22(19-10-8-7-9-18(19)21)31-13-17(6)33-25(29)15(3)4/h7-11,16-17H,1,3,12-13H2,2,4-6H3,(H,26,27). The molecule has 2 unspecified atom stereocenters. The summed E-state index contributed by atoms with van der Waals surface area (Å²) in [6, 6.07) is 8.35. The van der Waals surface area contributed by atoms with Gasteiger partial charge in [-0.2, -0.15) is 0 Å². The molecule has 0 aromatic heterocycles. The first-order valence-corrected chi connectivity index (χ1v) is 10.3. The third-order valence-corrected chi connectivity index (χ3v) is 4.44. The number of ether oxygens (including phenoxy) is 4. The van der Waals surface area contributed by atoms with Crippen molar-refractivity contribution in [2.75, 3.05) is 13.2 Å². The van der Waals surface area contributed by atoms with E-state index in [4.69, 9.17) is 18.9 Å². The molecular weight excluding hydrogens is 428 g/mol. The SMILES string of the molecule is C=C(C)C(=O)OC(C)COc1cc(C(=O)O)c(OCC(C)OC(=O)C(=C)C)c2ccccc12. The predicted octanol–water partition coefficient (Wildman–Crippen LogP) is 4.31. The van der Waals surface area contributed by atoms with E-state index in [0.29, 0.717) is 16.5 Å². The molecule has 8 nitrogen and oxygen atoms in total. The summed E-state index contributed by atoms with van der Waals surface area (Å²) in [4.78, 5) is 35.4. The zero-order valence-electron chi connectivity index (χ0n) is 19.2. The van der Waals surface area contributed by atoms with Gasteiger partial charge in [0, 0.05) is 21.9 Å². The number of carboxylic acid groups (broad SMARTS) is 1. The summed E-state index contributed by atoms with van der Waals surface area (Å²) in [5.74, 6) is -1.87. The number of hydrogen-bond acceptors (Lipinski definition) is 7. The van der Waals surface area contributed by atoms with Crippen molar-refractivity contribution in [1.82, 2.24) is 0 Å². The van der Waals surface area contributed by atoms with Gasteiger partial charge >= 0.3 is 17.9 Å². The highest BCUT2D eigenvalue weighted by atomic mass is 16.6. The molecule has 0 bridgehead atoms. The first kappa shape index (κ1) is 25.5. The van der Waals surface area contributed by atoms with Crippen LogP contribution in [0.15, 0.2) is 54.6 Å². The van der Waals surface area contributed by atoms with Gasteiger partial charge in [0.25, 0.3) is 0 Å². The van der Waals surface area contributed by atoms with E-state index < -0.39 is 30.1 Å². The van der Waals surface area contributed by atoms with Crippen LogP contribution in [0, 0.1) is 0 Å². The molecule has 2 rings (SSSR count). The summed E-state index contributed by atoms with van der Waals surface area (Å²) >= 11 is 0. The van der Waals surface area contributed by atoms with Crippen molar-refractivity contribution in [2.24, 2.45) is 0 Å². The molecule has 33 heavy (non-hydrogen) atoms. The minimum atomic E-state index is -1.21. The second kappa shape index (κ2) is 11.2. The lowest BCUT2D eigenvalue weighted by atomic mass is 10.0. The summed E-state index contributed by atoms with van der Waals surface area (Å²) in [6.45, 7) is 13.4. The Bertz CT molecular complexity index is 1090. The zero-order valence-corrected chi connectivity index (χ0v) is 19.2. The van der Waals surface area contributed by atoms with Crippen molar-refractivity contribution in [3.63, 3.8) is 0 Å². The summed E-state index contributed by atoms with van der Waals surface area (Å²) in [5.41, 5.74) is 0.405. The molecule has 2 atom stereocenters. The molecule has 0 heterocycles. The Hall–Kier alpha value is -3.81. The van der Waals surface area contributed by atoms with Crippen LogP contribution in [0.1, 0.15) is 38.1 Å². The fraction of sp³-hybridized carbons (Fsp3) is 0.320. The first-order chi connectivity index (χ1) is 15.5. The normalized spacial score (nSPS) is 12.4. The molecule has 0 aliphatic carbocycles. The van der Waals surface area contributed by atoms with E-state index in [1.807, 2.05) is 0 Å². The van der Waals surface area contributed by atoms with Crippen LogP contribution >= 0.6 is 0 Å². The molecule has 0 saturated heterocycles. The molecule has 2 aromatic carbocycles. The number of esters is 2. The van der Waals surface area contributed by atoms with Crippen molar-refractivity contribution >= 4 is 28.7 Å². The van der Waals surface area contributed by atoms with Crippen molar-refractivity contribution in [3.05, 3.63) is 60.2 Å². The van der Waals surface area contributed by atoms with Gasteiger partial charge in [-0.15, -0.1) is 0 Å². The summed E-state index contributed by atoms with van der Waals surface area (Å²) in [6.07, 6.45) is -1.21. The topological polar surface area (TPSA) is 108 Å². The third kappa shape index (κ3) is 6.83. The molecule has 2 aromatic rings. The monoisotopic (exact) mass is 456 g/mol. The van der Waals surface area contributed by atoms with Gasteiger partial charge in [0.1, 0.15) is 42.5 Å². The van der Waals surface area contributed by atoms with Crippen LogP contribution in [0.25, 0.3) is 10.8 Å². The molecule has 0 saturated carbocycles. The number of rotatable bonds is 11. The average Bonchev–Trinajstić information content (AvgIpc) is 2.75. The highest BCUT2D eigenvalue weighted by molar-refractivity contribution is 6.03. The Balaban J connectivity index is 2.30. The number of carboxylic acids is 1. The Labute approximate surface area is 192 Å². The van der Waals surface area contributed by atoms with Crippen LogP contribution < -0.4 is 9.47 Å².